The third-order valence-corrected chi connectivity index (χ3v) is 1.69. The SMILES string of the molecule is CC(C)(CO)NC(=O)CCCCO. The number of nitrogens with one attached hydrogen (secondary N) is 1. The number of aliphatic hydroxyl groups excluding tert-OH is 2. The minimum Gasteiger partial charge on any atom is -0.396 e. The maximum atomic E-state index is 11.2. The number of rotatable bonds is 6. The van der Waals surface area contributed by atoms with Crippen LogP contribution >= 0.6 is 0 Å². The molecule has 0 aliphatic heterocycles. The van der Waals surface area contributed by atoms with Gasteiger partial charge in [0, 0.05) is 13.0 Å². The molecule has 0 heterocycles. The van der Waals surface area contributed by atoms with E-state index in [1.54, 1.807) is 13.8 Å². The quantitative estimate of drug-likeness (QED) is 0.516. The van der Waals surface area contributed by atoms with E-state index in [1.807, 2.05) is 0 Å². The van der Waals surface area contributed by atoms with Crippen LogP contribution in [-0.4, -0.2) is 34.9 Å². The van der Waals surface area contributed by atoms with E-state index in [0.29, 0.717) is 19.3 Å². The lowest BCUT2D eigenvalue weighted by atomic mass is 10.1. The summed E-state index contributed by atoms with van der Waals surface area (Å²) in [5.74, 6) is -0.0764. The largest absolute Gasteiger partial charge is 0.396 e. The van der Waals surface area contributed by atoms with Gasteiger partial charge in [-0.15, -0.1) is 0 Å². The Morgan fingerprint density at radius 1 is 1.31 bits per heavy atom. The molecule has 0 aromatic heterocycles. The summed E-state index contributed by atoms with van der Waals surface area (Å²) < 4.78 is 0. The Labute approximate surface area is 79.0 Å². The summed E-state index contributed by atoms with van der Waals surface area (Å²) in [6, 6.07) is 0. The summed E-state index contributed by atoms with van der Waals surface area (Å²) in [5.41, 5.74) is -0.545. The van der Waals surface area contributed by atoms with Crippen LogP contribution in [0.5, 0.6) is 0 Å². The fourth-order valence-electron chi connectivity index (χ4n) is 0.877. The molecule has 4 heteroatoms. The number of hydrogen-bond acceptors (Lipinski definition) is 3. The summed E-state index contributed by atoms with van der Waals surface area (Å²) in [5, 5.41) is 20.0. The van der Waals surface area contributed by atoms with Crippen LogP contribution in [0.2, 0.25) is 0 Å². The van der Waals surface area contributed by atoms with Gasteiger partial charge in [-0.2, -0.15) is 0 Å². The highest BCUT2D eigenvalue weighted by molar-refractivity contribution is 5.76. The van der Waals surface area contributed by atoms with Gasteiger partial charge >= 0.3 is 0 Å². The lowest BCUT2D eigenvalue weighted by molar-refractivity contribution is -0.123. The predicted molar refractivity (Wildman–Crippen MR) is 50.2 cm³/mol. The monoisotopic (exact) mass is 189 g/mol. The van der Waals surface area contributed by atoms with E-state index < -0.39 is 5.54 Å². The van der Waals surface area contributed by atoms with Gasteiger partial charge in [0.1, 0.15) is 0 Å². The molecule has 0 atom stereocenters. The molecule has 0 saturated heterocycles. The Morgan fingerprint density at radius 2 is 1.92 bits per heavy atom. The Balaban J connectivity index is 3.62. The van der Waals surface area contributed by atoms with Crippen molar-refractivity contribution in [2.75, 3.05) is 13.2 Å². The van der Waals surface area contributed by atoms with E-state index >= 15 is 0 Å². The van der Waals surface area contributed by atoms with E-state index in [0.717, 1.165) is 0 Å². The highest BCUT2D eigenvalue weighted by Crippen LogP contribution is 2.02. The molecule has 13 heavy (non-hydrogen) atoms. The second-order valence-electron chi connectivity index (χ2n) is 3.77. The van der Waals surface area contributed by atoms with Crippen molar-refractivity contribution in [2.45, 2.75) is 38.6 Å². The summed E-state index contributed by atoms with van der Waals surface area (Å²) in [6.45, 7) is 3.57. The predicted octanol–water partition coefficient (Wildman–Crippen LogP) is 0.0361. The Morgan fingerprint density at radius 3 is 2.38 bits per heavy atom. The van der Waals surface area contributed by atoms with Crippen LogP contribution in [0.3, 0.4) is 0 Å². The van der Waals surface area contributed by atoms with Gasteiger partial charge in [0.05, 0.1) is 12.1 Å². The van der Waals surface area contributed by atoms with Crippen LogP contribution in [0.15, 0.2) is 0 Å². The summed E-state index contributed by atoms with van der Waals surface area (Å²) in [6.07, 6.45) is 1.74. The minimum atomic E-state index is -0.545. The zero-order chi connectivity index (χ0) is 10.3. The maximum absolute atomic E-state index is 11.2. The van der Waals surface area contributed by atoms with E-state index in [1.165, 1.54) is 0 Å². The van der Waals surface area contributed by atoms with Gasteiger partial charge in [0.2, 0.25) is 5.91 Å². The molecule has 0 aliphatic rings. The minimum absolute atomic E-state index is 0.0707. The van der Waals surface area contributed by atoms with E-state index in [4.69, 9.17) is 10.2 Å². The van der Waals surface area contributed by atoms with Crippen molar-refractivity contribution in [3.8, 4) is 0 Å². The molecule has 0 bridgehead atoms. The smallest absolute Gasteiger partial charge is 0.220 e. The molecule has 4 nitrogen and oxygen atoms in total. The summed E-state index contributed by atoms with van der Waals surface area (Å²) in [7, 11) is 0. The van der Waals surface area contributed by atoms with Gasteiger partial charge in [0.15, 0.2) is 0 Å². The Hall–Kier alpha value is -0.610. The van der Waals surface area contributed by atoms with Crippen molar-refractivity contribution < 1.29 is 15.0 Å². The second-order valence-corrected chi connectivity index (χ2v) is 3.77. The van der Waals surface area contributed by atoms with Crippen LogP contribution in [0, 0.1) is 0 Å². The normalized spacial score (nSPS) is 11.4. The van der Waals surface area contributed by atoms with Gasteiger partial charge < -0.3 is 15.5 Å². The molecule has 0 radical (unpaired) electrons. The van der Waals surface area contributed by atoms with E-state index in [9.17, 15) is 4.79 Å². The van der Waals surface area contributed by atoms with Crippen molar-refractivity contribution in [3.63, 3.8) is 0 Å². The Bertz CT molecular complexity index is 157. The van der Waals surface area contributed by atoms with Gasteiger partial charge in [-0.3, -0.25) is 4.79 Å². The van der Waals surface area contributed by atoms with Crippen LogP contribution in [0.4, 0.5) is 0 Å². The van der Waals surface area contributed by atoms with Crippen LogP contribution < -0.4 is 5.32 Å². The zero-order valence-electron chi connectivity index (χ0n) is 8.34. The molecule has 78 valence electrons. The van der Waals surface area contributed by atoms with Crippen LogP contribution in [0.25, 0.3) is 0 Å². The highest BCUT2D eigenvalue weighted by atomic mass is 16.3. The highest BCUT2D eigenvalue weighted by Gasteiger charge is 2.18. The number of hydrogen-bond donors (Lipinski definition) is 3. The molecular weight excluding hydrogens is 170 g/mol. The summed E-state index contributed by atoms with van der Waals surface area (Å²) >= 11 is 0. The molecule has 0 rings (SSSR count). The molecule has 0 aliphatic carbocycles. The van der Waals surface area contributed by atoms with Crippen molar-refractivity contribution in [2.24, 2.45) is 0 Å². The van der Waals surface area contributed by atoms with Gasteiger partial charge in [-0.1, -0.05) is 0 Å². The zero-order valence-corrected chi connectivity index (χ0v) is 8.34. The number of amides is 1. The molecule has 1 amide bonds. The molecule has 0 spiro atoms. The van der Waals surface area contributed by atoms with Crippen LogP contribution in [-0.2, 0) is 4.79 Å². The standard InChI is InChI=1S/C9H19NO3/c1-9(2,7-12)10-8(13)5-3-4-6-11/h11-12H,3-7H2,1-2H3,(H,10,13). The van der Waals surface area contributed by atoms with Crippen LogP contribution in [0.1, 0.15) is 33.1 Å². The van der Waals surface area contributed by atoms with Gasteiger partial charge in [-0.05, 0) is 26.7 Å². The molecule has 0 aromatic rings. The average Bonchev–Trinajstić information content (AvgIpc) is 2.04. The van der Waals surface area contributed by atoms with E-state index in [-0.39, 0.29) is 19.1 Å². The maximum Gasteiger partial charge on any atom is 0.220 e. The summed E-state index contributed by atoms with van der Waals surface area (Å²) in [4.78, 5) is 11.2. The lowest BCUT2D eigenvalue weighted by Gasteiger charge is -2.23. The first kappa shape index (κ1) is 12.4. The molecule has 0 aromatic carbocycles. The lowest BCUT2D eigenvalue weighted by Crippen LogP contribution is -2.46. The molecule has 0 fully saturated rings. The number of carbonyl (C=O) groups excluding carboxylic acids is 1. The topological polar surface area (TPSA) is 69.6 Å². The fourth-order valence-corrected chi connectivity index (χ4v) is 0.877. The van der Waals surface area contributed by atoms with Crippen molar-refractivity contribution in [3.05, 3.63) is 0 Å². The fraction of sp³-hybridized carbons (Fsp3) is 0.889. The van der Waals surface area contributed by atoms with Crippen molar-refractivity contribution in [1.82, 2.24) is 5.32 Å². The molecule has 3 N–H and O–H groups in total. The third-order valence-electron chi connectivity index (χ3n) is 1.69. The number of aliphatic hydroxyl groups is 2. The van der Waals surface area contributed by atoms with Crippen molar-refractivity contribution in [1.29, 1.82) is 0 Å². The first-order valence-electron chi connectivity index (χ1n) is 4.54. The van der Waals surface area contributed by atoms with Gasteiger partial charge in [-0.25, -0.2) is 0 Å². The molecular formula is C9H19NO3. The first-order valence-corrected chi connectivity index (χ1v) is 4.54. The first-order chi connectivity index (χ1) is 6.02. The Kier molecular flexibility index (Phi) is 5.66. The van der Waals surface area contributed by atoms with Gasteiger partial charge in [0.25, 0.3) is 0 Å². The molecule has 0 saturated carbocycles. The third kappa shape index (κ3) is 6.54. The number of unbranched alkanes of at least 4 members (excludes halogenated alkanes) is 1. The average molecular weight is 189 g/mol. The molecule has 0 unspecified atom stereocenters. The second kappa shape index (κ2) is 5.94. The van der Waals surface area contributed by atoms with E-state index in [2.05, 4.69) is 5.32 Å². The van der Waals surface area contributed by atoms with Crippen molar-refractivity contribution >= 4 is 5.91 Å². The number of carbonyl (C=O) groups is 1.